The van der Waals surface area contributed by atoms with Gasteiger partial charge in [-0.05, 0) is 36.8 Å². The van der Waals surface area contributed by atoms with Crippen molar-refractivity contribution in [3.8, 4) is 17.2 Å². The summed E-state index contributed by atoms with van der Waals surface area (Å²) in [6.45, 7) is 1.82. The molecule has 0 radical (unpaired) electrons. The molecule has 0 bridgehead atoms. The smallest absolute Gasteiger partial charge is 0.344 e. The summed E-state index contributed by atoms with van der Waals surface area (Å²) >= 11 is 0. The third-order valence-electron chi connectivity index (χ3n) is 3.76. The molecular weight excluding hydrogens is 380 g/mol. The lowest BCUT2D eigenvalue weighted by Crippen LogP contribution is -2.37. The van der Waals surface area contributed by atoms with Crippen LogP contribution in [0.1, 0.15) is 5.56 Å². The Bertz CT molecular complexity index is 913. The first kappa shape index (κ1) is 20.0. The second-order valence-corrected chi connectivity index (χ2v) is 6.13. The van der Waals surface area contributed by atoms with Crippen LogP contribution in [0.4, 0.5) is 10.5 Å². The molecule has 0 fully saturated rings. The molecule has 0 atom stereocenters. The number of amides is 3. The van der Waals surface area contributed by atoms with Gasteiger partial charge >= 0.3 is 12.0 Å². The molecule has 0 saturated carbocycles. The van der Waals surface area contributed by atoms with Crippen LogP contribution in [0.25, 0.3) is 0 Å². The summed E-state index contributed by atoms with van der Waals surface area (Å²) in [6, 6.07) is 11.2. The molecule has 2 aromatic rings. The van der Waals surface area contributed by atoms with Crippen LogP contribution in [0.3, 0.4) is 0 Å². The summed E-state index contributed by atoms with van der Waals surface area (Å²) < 4.78 is 20.9. The van der Waals surface area contributed by atoms with E-state index in [1.54, 1.807) is 36.4 Å². The zero-order chi connectivity index (χ0) is 20.6. The number of nitrogens with one attached hydrogen (secondary N) is 2. The lowest BCUT2D eigenvalue weighted by atomic mass is 10.2. The third-order valence-corrected chi connectivity index (χ3v) is 3.76. The number of ether oxygens (including phenoxy) is 4. The van der Waals surface area contributed by atoms with Gasteiger partial charge in [-0.3, -0.25) is 10.1 Å². The van der Waals surface area contributed by atoms with E-state index in [2.05, 4.69) is 10.6 Å². The summed E-state index contributed by atoms with van der Waals surface area (Å²) in [4.78, 5) is 35.3. The average molecular weight is 400 g/mol. The molecule has 1 aliphatic rings. The molecule has 3 rings (SSSR count). The average Bonchev–Trinajstić information content (AvgIpc) is 2.70. The molecule has 2 aromatic carbocycles. The Morgan fingerprint density at radius 2 is 1.79 bits per heavy atom. The normalized spacial score (nSPS) is 11.9. The van der Waals surface area contributed by atoms with Crippen LogP contribution in [-0.2, 0) is 14.3 Å². The Morgan fingerprint density at radius 1 is 1.00 bits per heavy atom. The van der Waals surface area contributed by atoms with Crippen molar-refractivity contribution >= 4 is 23.6 Å². The highest BCUT2D eigenvalue weighted by Gasteiger charge is 2.15. The number of urea groups is 1. The van der Waals surface area contributed by atoms with E-state index in [1.807, 2.05) is 13.0 Å². The number of aryl methyl sites for hydroxylation is 1. The standard InChI is InChI=1S/C20H20N2O7/c1-13-3-2-4-15(9-13)28-12-19(24)29-11-18(23)22-20(25)21-14-5-6-16-17(10-14)27-8-7-26-16/h2-6,9-10H,7-8,11-12H2,1H3,(H2,21,22,23,25). The van der Waals surface area contributed by atoms with Gasteiger partial charge in [0.25, 0.3) is 5.91 Å². The van der Waals surface area contributed by atoms with Gasteiger partial charge in [-0.15, -0.1) is 0 Å². The number of fused-ring (bicyclic) bond motifs is 1. The van der Waals surface area contributed by atoms with E-state index in [1.165, 1.54) is 0 Å². The number of rotatable bonds is 6. The Balaban J connectivity index is 1.38. The summed E-state index contributed by atoms with van der Waals surface area (Å²) in [6.07, 6.45) is 0. The van der Waals surface area contributed by atoms with Crippen molar-refractivity contribution in [1.29, 1.82) is 0 Å². The molecule has 29 heavy (non-hydrogen) atoms. The molecule has 152 valence electrons. The molecule has 2 N–H and O–H groups in total. The maximum Gasteiger partial charge on any atom is 0.344 e. The topological polar surface area (TPSA) is 112 Å². The number of imide groups is 1. The van der Waals surface area contributed by atoms with Crippen LogP contribution in [0.5, 0.6) is 17.2 Å². The third kappa shape index (κ3) is 6.13. The molecule has 1 heterocycles. The lowest BCUT2D eigenvalue weighted by Gasteiger charge is -2.19. The minimum absolute atomic E-state index is 0.347. The van der Waals surface area contributed by atoms with E-state index in [0.29, 0.717) is 36.1 Å². The Morgan fingerprint density at radius 3 is 2.59 bits per heavy atom. The van der Waals surface area contributed by atoms with Crippen molar-refractivity contribution in [2.45, 2.75) is 6.92 Å². The first-order valence-electron chi connectivity index (χ1n) is 8.85. The van der Waals surface area contributed by atoms with Crippen LogP contribution >= 0.6 is 0 Å². The molecule has 3 amide bonds. The van der Waals surface area contributed by atoms with Crippen molar-refractivity contribution in [2.75, 3.05) is 31.7 Å². The second-order valence-electron chi connectivity index (χ2n) is 6.13. The van der Waals surface area contributed by atoms with Gasteiger partial charge in [0.2, 0.25) is 0 Å². The monoisotopic (exact) mass is 400 g/mol. The minimum Gasteiger partial charge on any atom is -0.486 e. The fourth-order valence-electron chi connectivity index (χ4n) is 2.48. The van der Waals surface area contributed by atoms with Crippen LogP contribution in [-0.4, -0.2) is 44.3 Å². The molecule has 9 nitrogen and oxygen atoms in total. The predicted octanol–water partition coefficient (Wildman–Crippen LogP) is 2.04. The lowest BCUT2D eigenvalue weighted by molar-refractivity contribution is -0.150. The van der Waals surface area contributed by atoms with E-state index in [9.17, 15) is 14.4 Å². The number of hydrogen-bond donors (Lipinski definition) is 2. The van der Waals surface area contributed by atoms with E-state index < -0.39 is 24.5 Å². The van der Waals surface area contributed by atoms with Crippen molar-refractivity contribution in [2.24, 2.45) is 0 Å². The molecule has 0 saturated heterocycles. The molecule has 9 heteroatoms. The molecule has 0 unspecified atom stereocenters. The fourth-order valence-corrected chi connectivity index (χ4v) is 2.48. The second kappa shape index (κ2) is 9.45. The molecule has 0 aliphatic carbocycles. The number of carbonyl (C=O) groups is 3. The molecular formula is C20H20N2O7. The van der Waals surface area contributed by atoms with Gasteiger partial charge in [0.05, 0.1) is 0 Å². The predicted molar refractivity (Wildman–Crippen MR) is 102 cm³/mol. The van der Waals surface area contributed by atoms with Crippen molar-refractivity contribution in [3.63, 3.8) is 0 Å². The maximum absolute atomic E-state index is 11.9. The minimum atomic E-state index is -0.774. The van der Waals surface area contributed by atoms with Gasteiger partial charge in [-0.2, -0.15) is 0 Å². The van der Waals surface area contributed by atoms with E-state index in [0.717, 1.165) is 5.56 Å². The highest BCUT2D eigenvalue weighted by molar-refractivity contribution is 6.02. The van der Waals surface area contributed by atoms with Crippen LogP contribution in [0, 0.1) is 6.92 Å². The molecule has 0 spiro atoms. The van der Waals surface area contributed by atoms with Gasteiger partial charge < -0.3 is 24.3 Å². The number of anilines is 1. The van der Waals surface area contributed by atoms with Gasteiger partial charge in [0.15, 0.2) is 24.7 Å². The van der Waals surface area contributed by atoms with E-state index in [4.69, 9.17) is 18.9 Å². The van der Waals surface area contributed by atoms with E-state index in [-0.39, 0.29) is 6.61 Å². The first-order valence-corrected chi connectivity index (χ1v) is 8.85. The first-order chi connectivity index (χ1) is 14.0. The van der Waals surface area contributed by atoms with Gasteiger partial charge in [0.1, 0.15) is 19.0 Å². The molecule has 0 aromatic heterocycles. The summed E-state index contributed by atoms with van der Waals surface area (Å²) in [5.74, 6) is 0.101. The van der Waals surface area contributed by atoms with Gasteiger partial charge in [-0.1, -0.05) is 12.1 Å². The van der Waals surface area contributed by atoms with Crippen LogP contribution < -0.4 is 24.8 Å². The maximum atomic E-state index is 11.9. The highest BCUT2D eigenvalue weighted by atomic mass is 16.6. The van der Waals surface area contributed by atoms with Crippen LogP contribution in [0.15, 0.2) is 42.5 Å². The highest BCUT2D eigenvalue weighted by Crippen LogP contribution is 2.32. The van der Waals surface area contributed by atoms with Crippen molar-refractivity contribution in [1.82, 2.24) is 5.32 Å². The van der Waals surface area contributed by atoms with E-state index >= 15 is 0 Å². The quantitative estimate of drug-likeness (QED) is 0.714. The van der Waals surface area contributed by atoms with Crippen LogP contribution in [0.2, 0.25) is 0 Å². The Kier molecular flexibility index (Phi) is 6.51. The number of hydrogen-bond acceptors (Lipinski definition) is 7. The summed E-state index contributed by atoms with van der Waals surface area (Å²) in [5, 5.41) is 4.56. The van der Waals surface area contributed by atoms with Crippen molar-refractivity contribution < 1.29 is 33.3 Å². The number of esters is 1. The Labute approximate surface area is 166 Å². The molecule has 1 aliphatic heterocycles. The summed E-state index contributed by atoms with van der Waals surface area (Å²) in [5.41, 5.74) is 1.40. The largest absolute Gasteiger partial charge is 0.486 e. The number of benzene rings is 2. The number of carbonyl (C=O) groups excluding carboxylic acids is 3. The van der Waals surface area contributed by atoms with Gasteiger partial charge in [0, 0.05) is 11.8 Å². The van der Waals surface area contributed by atoms with Crippen molar-refractivity contribution in [3.05, 3.63) is 48.0 Å². The summed E-state index contributed by atoms with van der Waals surface area (Å²) in [7, 11) is 0. The SMILES string of the molecule is Cc1cccc(OCC(=O)OCC(=O)NC(=O)Nc2ccc3c(c2)OCCO3)c1. The zero-order valence-electron chi connectivity index (χ0n) is 15.7. The van der Waals surface area contributed by atoms with Gasteiger partial charge in [-0.25, -0.2) is 9.59 Å². The fraction of sp³-hybridized carbons (Fsp3) is 0.250. The Hall–Kier alpha value is -3.75. The zero-order valence-corrected chi connectivity index (χ0v) is 15.7.